The largest absolute Gasteiger partial charge is 0.457 e. The molecule has 3 rings (SSSR count). The zero-order valence-corrected chi connectivity index (χ0v) is 13.2. The monoisotopic (exact) mass is 319 g/mol. The summed E-state index contributed by atoms with van der Waals surface area (Å²) in [5, 5.41) is 5.43. The highest BCUT2D eigenvalue weighted by atomic mass is 16.5. The van der Waals surface area contributed by atoms with E-state index in [1.165, 1.54) is 0 Å². The molecule has 0 saturated carbocycles. The van der Waals surface area contributed by atoms with Crippen molar-refractivity contribution in [3.8, 4) is 11.5 Å². The van der Waals surface area contributed by atoms with Crippen LogP contribution in [0.5, 0.6) is 11.5 Å². The molecule has 24 heavy (non-hydrogen) atoms. The van der Waals surface area contributed by atoms with Crippen LogP contribution >= 0.6 is 0 Å². The number of nitrogens with one attached hydrogen (secondary N) is 2. The van der Waals surface area contributed by atoms with Crippen molar-refractivity contribution in [2.45, 2.75) is 6.92 Å². The van der Waals surface area contributed by atoms with Crippen molar-refractivity contribution < 1.29 is 9.53 Å². The van der Waals surface area contributed by atoms with Gasteiger partial charge in [0.2, 0.25) is 0 Å². The summed E-state index contributed by atoms with van der Waals surface area (Å²) in [5.41, 5.74) is 1.70. The number of pyridine rings is 1. The van der Waals surface area contributed by atoms with Gasteiger partial charge in [-0.05, 0) is 55.0 Å². The minimum atomic E-state index is -0.344. The maximum Gasteiger partial charge on any atom is 0.324 e. The summed E-state index contributed by atoms with van der Waals surface area (Å²) in [4.78, 5) is 16.1. The van der Waals surface area contributed by atoms with Crippen LogP contribution < -0.4 is 15.4 Å². The Balaban J connectivity index is 1.57. The third-order valence-electron chi connectivity index (χ3n) is 3.24. The van der Waals surface area contributed by atoms with Gasteiger partial charge in [0.1, 0.15) is 17.3 Å². The van der Waals surface area contributed by atoms with E-state index in [1.807, 2.05) is 43.3 Å². The predicted octanol–water partition coefficient (Wildman–Crippen LogP) is 4.83. The maximum absolute atomic E-state index is 11.9. The number of anilines is 2. The molecule has 0 radical (unpaired) electrons. The molecule has 0 aliphatic carbocycles. The average molecular weight is 319 g/mol. The van der Waals surface area contributed by atoms with Crippen LogP contribution in [0.25, 0.3) is 0 Å². The van der Waals surface area contributed by atoms with Gasteiger partial charge in [0, 0.05) is 11.9 Å². The van der Waals surface area contributed by atoms with Crippen LogP contribution in [-0.4, -0.2) is 11.0 Å². The summed E-state index contributed by atoms with van der Waals surface area (Å²) in [6, 6.07) is 20.0. The predicted molar refractivity (Wildman–Crippen MR) is 94.6 cm³/mol. The lowest BCUT2D eigenvalue weighted by Crippen LogP contribution is -2.19. The Hall–Kier alpha value is -3.34. The van der Waals surface area contributed by atoms with E-state index in [9.17, 15) is 4.79 Å². The first-order valence-electron chi connectivity index (χ1n) is 7.53. The molecule has 5 nitrogen and oxygen atoms in total. The molecule has 2 amide bonds. The molecule has 3 aromatic rings. The number of aryl methyl sites for hydroxylation is 1. The first-order chi connectivity index (χ1) is 11.7. The van der Waals surface area contributed by atoms with E-state index in [4.69, 9.17) is 4.74 Å². The molecule has 2 N–H and O–H groups in total. The van der Waals surface area contributed by atoms with Crippen LogP contribution in [0.3, 0.4) is 0 Å². The van der Waals surface area contributed by atoms with Crippen molar-refractivity contribution in [1.82, 2.24) is 4.98 Å². The van der Waals surface area contributed by atoms with E-state index in [2.05, 4.69) is 15.6 Å². The van der Waals surface area contributed by atoms with E-state index in [1.54, 1.807) is 36.5 Å². The molecule has 1 aromatic heterocycles. The highest BCUT2D eigenvalue weighted by molar-refractivity contribution is 5.99. The molecule has 5 heteroatoms. The van der Waals surface area contributed by atoms with E-state index < -0.39 is 0 Å². The molecule has 0 aliphatic heterocycles. The Morgan fingerprint density at radius 3 is 2.25 bits per heavy atom. The minimum Gasteiger partial charge on any atom is -0.457 e. The molecule has 1 heterocycles. The molecule has 0 unspecified atom stereocenters. The number of carbonyl (C=O) groups excluding carboxylic acids is 1. The number of ether oxygens (including phenoxy) is 1. The molecular formula is C19H17N3O2. The Kier molecular flexibility index (Phi) is 4.72. The molecule has 0 fully saturated rings. The summed E-state index contributed by atoms with van der Waals surface area (Å²) < 4.78 is 5.71. The zero-order chi connectivity index (χ0) is 16.8. The molecule has 2 aromatic carbocycles. The van der Waals surface area contributed by atoms with Gasteiger partial charge in [-0.15, -0.1) is 0 Å². The number of nitrogens with zero attached hydrogens (tertiary/aromatic N) is 1. The van der Waals surface area contributed by atoms with Crippen LogP contribution in [-0.2, 0) is 0 Å². The van der Waals surface area contributed by atoms with Crippen molar-refractivity contribution in [3.63, 3.8) is 0 Å². The third kappa shape index (κ3) is 4.33. The van der Waals surface area contributed by atoms with Crippen LogP contribution in [0.15, 0.2) is 72.9 Å². The maximum atomic E-state index is 11.9. The standard InChI is InChI=1S/C19H17N3O2/c1-14-7-12-18(20-13-14)22-19(23)21-15-8-10-17(11-9-15)24-16-5-3-2-4-6-16/h2-13H,1H3,(H2,20,21,22,23). The first-order valence-corrected chi connectivity index (χ1v) is 7.53. The van der Waals surface area contributed by atoms with Crippen molar-refractivity contribution in [3.05, 3.63) is 78.5 Å². The second kappa shape index (κ2) is 7.28. The van der Waals surface area contributed by atoms with Crippen LogP contribution in [0, 0.1) is 6.92 Å². The fraction of sp³-hybridized carbons (Fsp3) is 0.0526. The smallest absolute Gasteiger partial charge is 0.324 e. The topological polar surface area (TPSA) is 63.2 Å². The molecule has 0 saturated heterocycles. The second-order valence-electron chi connectivity index (χ2n) is 5.24. The zero-order valence-electron chi connectivity index (χ0n) is 13.2. The third-order valence-corrected chi connectivity index (χ3v) is 3.24. The van der Waals surface area contributed by atoms with Gasteiger partial charge in [-0.25, -0.2) is 9.78 Å². The average Bonchev–Trinajstić information content (AvgIpc) is 2.60. The van der Waals surface area contributed by atoms with Gasteiger partial charge >= 0.3 is 6.03 Å². The van der Waals surface area contributed by atoms with E-state index in [0.717, 1.165) is 11.3 Å². The lowest BCUT2D eigenvalue weighted by atomic mass is 10.3. The summed E-state index contributed by atoms with van der Waals surface area (Å²) in [6.07, 6.45) is 1.70. The number of hydrogen-bond donors (Lipinski definition) is 2. The minimum absolute atomic E-state index is 0.344. The SMILES string of the molecule is Cc1ccc(NC(=O)Nc2ccc(Oc3ccccc3)cc2)nc1. The number of para-hydroxylation sites is 1. The Bertz CT molecular complexity index is 800. The number of rotatable bonds is 4. The molecular weight excluding hydrogens is 302 g/mol. The molecule has 0 aliphatic rings. The Morgan fingerprint density at radius 1 is 0.875 bits per heavy atom. The number of carbonyl (C=O) groups is 1. The van der Waals surface area contributed by atoms with Gasteiger partial charge in [0.25, 0.3) is 0 Å². The number of urea groups is 1. The number of benzene rings is 2. The van der Waals surface area contributed by atoms with E-state index >= 15 is 0 Å². The number of hydrogen-bond acceptors (Lipinski definition) is 3. The summed E-state index contributed by atoms with van der Waals surface area (Å²) in [7, 11) is 0. The molecule has 0 spiro atoms. The van der Waals surface area contributed by atoms with Crippen molar-refractivity contribution >= 4 is 17.5 Å². The highest BCUT2D eigenvalue weighted by Gasteiger charge is 2.04. The first kappa shape index (κ1) is 15.6. The lowest BCUT2D eigenvalue weighted by Gasteiger charge is -2.09. The Labute approximate surface area is 140 Å². The number of amides is 2. The Morgan fingerprint density at radius 2 is 1.58 bits per heavy atom. The molecule has 0 atom stereocenters. The second-order valence-corrected chi connectivity index (χ2v) is 5.24. The van der Waals surface area contributed by atoms with Gasteiger partial charge in [0.15, 0.2) is 0 Å². The van der Waals surface area contributed by atoms with Crippen molar-refractivity contribution in [2.24, 2.45) is 0 Å². The van der Waals surface area contributed by atoms with E-state index in [0.29, 0.717) is 17.3 Å². The van der Waals surface area contributed by atoms with Gasteiger partial charge in [-0.3, -0.25) is 5.32 Å². The molecule has 0 bridgehead atoms. The van der Waals surface area contributed by atoms with Crippen molar-refractivity contribution in [2.75, 3.05) is 10.6 Å². The van der Waals surface area contributed by atoms with Gasteiger partial charge < -0.3 is 10.1 Å². The van der Waals surface area contributed by atoms with E-state index in [-0.39, 0.29) is 6.03 Å². The summed E-state index contributed by atoms with van der Waals surface area (Å²) in [5.74, 6) is 1.97. The van der Waals surface area contributed by atoms with Gasteiger partial charge in [0.05, 0.1) is 0 Å². The molecule has 120 valence electrons. The van der Waals surface area contributed by atoms with Gasteiger partial charge in [-0.1, -0.05) is 24.3 Å². The van der Waals surface area contributed by atoms with Crippen molar-refractivity contribution in [1.29, 1.82) is 0 Å². The fourth-order valence-electron chi connectivity index (χ4n) is 2.05. The normalized spacial score (nSPS) is 10.0. The van der Waals surface area contributed by atoms with Crippen LogP contribution in [0.4, 0.5) is 16.3 Å². The highest BCUT2D eigenvalue weighted by Crippen LogP contribution is 2.22. The van der Waals surface area contributed by atoms with Gasteiger partial charge in [-0.2, -0.15) is 0 Å². The summed E-state index contributed by atoms with van der Waals surface area (Å²) >= 11 is 0. The number of aromatic nitrogens is 1. The van der Waals surface area contributed by atoms with Crippen LogP contribution in [0.1, 0.15) is 5.56 Å². The van der Waals surface area contributed by atoms with Crippen LogP contribution in [0.2, 0.25) is 0 Å². The summed E-state index contributed by atoms with van der Waals surface area (Å²) in [6.45, 7) is 1.94. The fourth-order valence-corrected chi connectivity index (χ4v) is 2.05. The quantitative estimate of drug-likeness (QED) is 0.724. The lowest BCUT2D eigenvalue weighted by molar-refractivity contribution is 0.262.